The van der Waals surface area contributed by atoms with Crippen molar-refractivity contribution in [3.8, 4) is 0 Å². The maximum atomic E-state index is 9.88. The van der Waals surface area contributed by atoms with Crippen molar-refractivity contribution in [2.45, 2.75) is 44.6 Å². The summed E-state index contributed by atoms with van der Waals surface area (Å²) in [4.78, 5) is 0. The number of rotatable bonds is 9. The molecule has 0 aliphatic heterocycles. The molecule has 0 saturated heterocycles. The van der Waals surface area contributed by atoms with Crippen molar-refractivity contribution in [1.82, 2.24) is 5.32 Å². The van der Waals surface area contributed by atoms with Gasteiger partial charge in [0.15, 0.2) is 0 Å². The van der Waals surface area contributed by atoms with Gasteiger partial charge in [-0.3, -0.25) is 0 Å². The maximum absolute atomic E-state index is 9.88. The van der Waals surface area contributed by atoms with Crippen LogP contribution in [-0.2, 0) is 16.1 Å². The molecule has 1 fully saturated rings. The lowest BCUT2D eigenvalue weighted by Gasteiger charge is -2.36. The van der Waals surface area contributed by atoms with E-state index in [1.165, 1.54) is 0 Å². The molecule has 1 aliphatic carbocycles. The van der Waals surface area contributed by atoms with Crippen molar-refractivity contribution in [3.05, 3.63) is 34.9 Å². The van der Waals surface area contributed by atoms with Gasteiger partial charge in [-0.1, -0.05) is 29.8 Å². The van der Waals surface area contributed by atoms with E-state index in [0.717, 1.165) is 25.0 Å². The normalized spacial score (nSPS) is 22.8. The van der Waals surface area contributed by atoms with Crippen LogP contribution in [0.1, 0.15) is 25.3 Å². The molecular weight excluding hydrogens is 290 g/mol. The molecule has 21 heavy (non-hydrogen) atoms. The van der Waals surface area contributed by atoms with E-state index in [1.54, 1.807) is 0 Å². The molecule has 1 aromatic rings. The van der Waals surface area contributed by atoms with Crippen molar-refractivity contribution < 1.29 is 14.6 Å². The number of aliphatic hydroxyl groups is 1. The first-order valence-corrected chi connectivity index (χ1v) is 7.91. The molecule has 0 spiro atoms. The standard InChI is InChI=1S/C16H24ClNO3/c1-2-21-15-7-13(8-15)18-9-14(19)11-20-10-12-5-3-4-6-16(12)17/h3-6,13-15,18-19H,2,7-11H2,1H3. The van der Waals surface area contributed by atoms with Gasteiger partial charge in [-0.05, 0) is 31.4 Å². The van der Waals surface area contributed by atoms with E-state index in [4.69, 9.17) is 21.1 Å². The van der Waals surface area contributed by atoms with Crippen LogP contribution in [0.25, 0.3) is 0 Å². The van der Waals surface area contributed by atoms with Crippen LogP contribution in [0.3, 0.4) is 0 Å². The van der Waals surface area contributed by atoms with Crippen molar-refractivity contribution in [1.29, 1.82) is 0 Å². The average molecular weight is 314 g/mol. The summed E-state index contributed by atoms with van der Waals surface area (Å²) in [6, 6.07) is 8.03. The Morgan fingerprint density at radius 2 is 2.14 bits per heavy atom. The van der Waals surface area contributed by atoms with Crippen LogP contribution in [-0.4, -0.2) is 43.1 Å². The Labute approximate surface area is 131 Å². The molecule has 4 nitrogen and oxygen atoms in total. The first kappa shape index (κ1) is 16.7. The van der Waals surface area contributed by atoms with Crippen molar-refractivity contribution >= 4 is 11.6 Å². The third kappa shape index (κ3) is 5.57. The van der Waals surface area contributed by atoms with E-state index in [9.17, 15) is 5.11 Å². The van der Waals surface area contributed by atoms with Crippen LogP contribution < -0.4 is 5.32 Å². The van der Waals surface area contributed by atoms with Gasteiger partial charge in [0.25, 0.3) is 0 Å². The number of hydrogen-bond donors (Lipinski definition) is 2. The topological polar surface area (TPSA) is 50.7 Å². The van der Waals surface area contributed by atoms with Crippen LogP contribution >= 0.6 is 11.6 Å². The quantitative estimate of drug-likeness (QED) is 0.735. The molecule has 2 rings (SSSR count). The number of halogens is 1. The number of aliphatic hydroxyl groups excluding tert-OH is 1. The fraction of sp³-hybridized carbons (Fsp3) is 0.625. The fourth-order valence-electron chi connectivity index (χ4n) is 2.39. The molecule has 2 N–H and O–H groups in total. The third-order valence-electron chi connectivity index (χ3n) is 3.66. The molecule has 1 saturated carbocycles. The monoisotopic (exact) mass is 313 g/mol. The predicted octanol–water partition coefficient (Wildman–Crippen LogP) is 2.37. The van der Waals surface area contributed by atoms with E-state index in [2.05, 4.69) is 5.32 Å². The molecule has 0 bridgehead atoms. The molecule has 1 unspecified atom stereocenters. The van der Waals surface area contributed by atoms with Crippen LogP contribution in [0.2, 0.25) is 5.02 Å². The van der Waals surface area contributed by atoms with Crippen molar-refractivity contribution in [3.63, 3.8) is 0 Å². The summed E-state index contributed by atoms with van der Waals surface area (Å²) in [6.45, 7) is 4.06. The SMILES string of the molecule is CCOC1CC(NCC(O)COCc2ccccc2Cl)C1. The molecule has 1 aromatic carbocycles. The van der Waals surface area contributed by atoms with Crippen LogP contribution in [0.5, 0.6) is 0 Å². The number of benzene rings is 1. The summed E-state index contributed by atoms with van der Waals surface area (Å²) in [6.07, 6.45) is 1.95. The third-order valence-corrected chi connectivity index (χ3v) is 4.03. The highest BCUT2D eigenvalue weighted by atomic mass is 35.5. The van der Waals surface area contributed by atoms with Gasteiger partial charge in [-0.2, -0.15) is 0 Å². The molecular formula is C16H24ClNO3. The summed E-state index contributed by atoms with van der Waals surface area (Å²) in [5, 5.41) is 13.9. The van der Waals surface area contributed by atoms with Crippen LogP contribution in [0.15, 0.2) is 24.3 Å². The molecule has 118 valence electrons. The van der Waals surface area contributed by atoms with E-state index in [1.807, 2.05) is 31.2 Å². The highest BCUT2D eigenvalue weighted by molar-refractivity contribution is 6.31. The van der Waals surface area contributed by atoms with Gasteiger partial charge >= 0.3 is 0 Å². The minimum absolute atomic E-state index is 0.305. The van der Waals surface area contributed by atoms with Gasteiger partial charge in [-0.25, -0.2) is 0 Å². The second-order valence-electron chi connectivity index (χ2n) is 5.41. The lowest BCUT2D eigenvalue weighted by Crippen LogP contribution is -2.48. The van der Waals surface area contributed by atoms with Crippen LogP contribution in [0, 0.1) is 0 Å². The number of hydrogen-bond acceptors (Lipinski definition) is 4. The summed E-state index contributed by atoms with van der Waals surface area (Å²) < 4.78 is 11.0. The Balaban J connectivity index is 1.54. The average Bonchev–Trinajstić information content (AvgIpc) is 2.43. The van der Waals surface area contributed by atoms with Gasteiger partial charge in [0.05, 0.1) is 25.4 Å². The van der Waals surface area contributed by atoms with E-state index in [0.29, 0.717) is 36.9 Å². The van der Waals surface area contributed by atoms with Gasteiger partial charge in [0, 0.05) is 24.2 Å². The molecule has 1 aliphatic rings. The number of ether oxygens (including phenoxy) is 2. The van der Waals surface area contributed by atoms with E-state index >= 15 is 0 Å². The molecule has 1 atom stereocenters. The molecule has 0 radical (unpaired) electrons. The predicted molar refractivity (Wildman–Crippen MR) is 83.6 cm³/mol. The maximum Gasteiger partial charge on any atom is 0.0897 e. The minimum Gasteiger partial charge on any atom is -0.389 e. The molecule has 5 heteroatoms. The highest BCUT2D eigenvalue weighted by Gasteiger charge is 2.29. The Morgan fingerprint density at radius 1 is 1.38 bits per heavy atom. The van der Waals surface area contributed by atoms with Gasteiger partial charge in [0.1, 0.15) is 0 Å². The molecule has 0 heterocycles. The van der Waals surface area contributed by atoms with Gasteiger partial charge < -0.3 is 19.9 Å². The second kappa shape index (κ2) is 8.71. The Morgan fingerprint density at radius 3 is 2.86 bits per heavy atom. The zero-order chi connectivity index (χ0) is 15.1. The summed E-state index contributed by atoms with van der Waals surface area (Å²) in [7, 11) is 0. The smallest absolute Gasteiger partial charge is 0.0897 e. The fourth-order valence-corrected chi connectivity index (χ4v) is 2.58. The second-order valence-corrected chi connectivity index (χ2v) is 5.82. The lowest BCUT2D eigenvalue weighted by molar-refractivity contribution is -0.0171. The zero-order valence-corrected chi connectivity index (χ0v) is 13.2. The van der Waals surface area contributed by atoms with Gasteiger partial charge in [-0.15, -0.1) is 0 Å². The molecule has 0 aromatic heterocycles. The van der Waals surface area contributed by atoms with Crippen molar-refractivity contribution in [2.24, 2.45) is 0 Å². The first-order chi connectivity index (χ1) is 10.2. The van der Waals surface area contributed by atoms with Gasteiger partial charge in [0.2, 0.25) is 0 Å². The minimum atomic E-state index is -0.501. The Hall–Kier alpha value is -0.650. The lowest BCUT2D eigenvalue weighted by atomic mass is 9.89. The summed E-state index contributed by atoms with van der Waals surface area (Å²) >= 11 is 6.04. The molecule has 0 amide bonds. The van der Waals surface area contributed by atoms with Crippen molar-refractivity contribution in [2.75, 3.05) is 19.8 Å². The van der Waals surface area contributed by atoms with E-state index < -0.39 is 6.10 Å². The highest BCUT2D eigenvalue weighted by Crippen LogP contribution is 2.23. The number of nitrogens with one attached hydrogen (secondary N) is 1. The Kier molecular flexibility index (Phi) is 6.93. The van der Waals surface area contributed by atoms with Crippen LogP contribution in [0.4, 0.5) is 0 Å². The van der Waals surface area contributed by atoms with E-state index in [-0.39, 0.29) is 0 Å². The summed E-state index contributed by atoms with van der Waals surface area (Å²) in [5.74, 6) is 0. The zero-order valence-electron chi connectivity index (χ0n) is 12.4. The largest absolute Gasteiger partial charge is 0.389 e. The first-order valence-electron chi connectivity index (χ1n) is 7.53. The summed E-state index contributed by atoms with van der Waals surface area (Å²) in [5.41, 5.74) is 0.942. The Bertz CT molecular complexity index is 424.